The lowest BCUT2D eigenvalue weighted by Crippen LogP contribution is -2.27. The van der Waals surface area contributed by atoms with Crippen LogP contribution >= 0.6 is 0 Å². The van der Waals surface area contributed by atoms with Gasteiger partial charge in [0.15, 0.2) is 0 Å². The largest absolute Gasteiger partial charge is 0.324 e. The monoisotopic (exact) mass is 252 g/mol. The van der Waals surface area contributed by atoms with Crippen molar-refractivity contribution in [2.75, 3.05) is 20.1 Å². The molecule has 2 N–H and O–H groups in total. The lowest BCUT2D eigenvalue weighted by atomic mass is 10.0. The van der Waals surface area contributed by atoms with Crippen LogP contribution < -0.4 is 5.73 Å². The Kier molecular flexibility index (Phi) is 5.76. The van der Waals surface area contributed by atoms with Crippen LogP contribution in [0.2, 0.25) is 0 Å². The van der Waals surface area contributed by atoms with Gasteiger partial charge in [-0.15, -0.1) is 0 Å². The molecule has 1 rings (SSSR count). The lowest BCUT2D eigenvalue weighted by Gasteiger charge is -2.21. The third kappa shape index (κ3) is 4.75. The van der Waals surface area contributed by atoms with E-state index in [1.165, 1.54) is 0 Å². The molecule has 0 aliphatic rings. The molecule has 0 fully saturated rings. The first-order chi connectivity index (χ1) is 8.40. The minimum Gasteiger partial charge on any atom is -0.324 e. The Morgan fingerprint density at radius 3 is 2.56 bits per heavy atom. The number of hydrogen-bond acceptors (Lipinski definition) is 2. The molecule has 0 bridgehead atoms. The zero-order valence-corrected chi connectivity index (χ0v) is 11.9. The first kappa shape index (κ1) is 15.1. The first-order valence-electron chi connectivity index (χ1n) is 6.60. The van der Waals surface area contributed by atoms with Gasteiger partial charge in [0, 0.05) is 12.6 Å². The summed E-state index contributed by atoms with van der Waals surface area (Å²) in [6, 6.07) is 5.19. The summed E-state index contributed by atoms with van der Waals surface area (Å²) in [5, 5.41) is 0. The second-order valence-corrected chi connectivity index (χ2v) is 5.56. The second-order valence-electron chi connectivity index (χ2n) is 5.56. The van der Waals surface area contributed by atoms with Crippen LogP contribution in [0, 0.1) is 18.7 Å². The maximum Gasteiger partial charge on any atom is 0.126 e. The summed E-state index contributed by atoms with van der Waals surface area (Å²) in [7, 11) is 2.10. The van der Waals surface area contributed by atoms with Crippen molar-refractivity contribution >= 4 is 0 Å². The normalized spacial score (nSPS) is 13.3. The number of benzene rings is 1. The minimum atomic E-state index is -0.168. The summed E-state index contributed by atoms with van der Waals surface area (Å²) in [5.74, 6) is 0.488. The summed E-state index contributed by atoms with van der Waals surface area (Å²) < 4.78 is 13.4. The average molecular weight is 252 g/mol. The van der Waals surface area contributed by atoms with Crippen LogP contribution in [0.1, 0.15) is 37.4 Å². The summed E-state index contributed by atoms with van der Waals surface area (Å²) in [6.45, 7) is 8.17. The highest BCUT2D eigenvalue weighted by Gasteiger charge is 2.10. The first-order valence-corrected chi connectivity index (χ1v) is 6.60. The number of aryl methyl sites for hydroxylation is 1. The third-order valence-electron chi connectivity index (χ3n) is 3.12. The van der Waals surface area contributed by atoms with Crippen LogP contribution in [-0.2, 0) is 0 Å². The molecule has 0 spiro atoms. The molecule has 1 atom stereocenters. The van der Waals surface area contributed by atoms with Gasteiger partial charge in [0.2, 0.25) is 0 Å². The van der Waals surface area contributed by atoms with E-state index < -0.39 is 0 Å². The highest BCUT2D eigenvalue weighted by molar-refractivity contribution is 5.25. The molecule has 0 aliphatic heterocycles. The van der Waals surface area contributed by atoms with E-state index in [0.29, 0.717) is 11.5 Å². The Hall–Kier alpha value is -0.930. The van der Waals surface area contributed by atoms with Gasteiger partial charge in [0.25, 0.3) is 0 Å². The summed E-state index contributed by atoms with van der Waals surface area (Å²) >= 11 is 0. The molecule has 2 nitrogen and oxygen atoms in total. The van der Waals surface area contributed by atoms with Gasteiger partial charge in [-0.05, 0) is 50.0 Å². The van der Waals surface area contributed by atoms with Gasteiger partial charge in [-0.1, -0.05) is 26.0 Å². The highest BCUT2D eigenvalue weighted by Crippen LogP contribution is 2.17. The van der Waals surface area contributed by atoms with Gasteiger partial charge >= 0.3 is 0 Å². The Morgan fingerprint density at radius 1 is 1.33 bits per heavy atom. The van der Waals surface area contributed by atoms with E-state index in [-0.39, 0.29) is 11.9 Å². The van der Waals surface area contributed by atoms with E-state index in [0.717, 1.165) is 25.1 Å². The molecule has 0 saturated carbocycles. The molecule has 0 radical (unpaired) electrons. The van der Waals surface area contributed by atoms with Gasteiger partial charge in [0.1, 0.15) is 5.82 Å². The van der Waals surface area contributed by atoms with Gasteiger partial charge in [-0.3, -0.25) is 0 Å². The van der Waals surface area contributed by atoms with Crippen molar-refractivity contribution in [2.45, 2.75) is 33.2 Å². The molecule has 102 valence electrons. The highest BCUT2D eigenvalue weighted by atomic mass is 19.1. The van der Waals surface area contributed by atoms with Crippen LogP contribution in [0.5, 0.6) is 0 Å². The minimum absolute atomic E-state index is 0.0882. The second kappa shape index (κ2) is 6.86. The van der Waals surface area contributed by atoms with Crippen molar-refractivity contribution in [3.63, 3.8) is 0 Å². The fourth-order valence-electron chi connectivity index (χ4n) is 2.08. The van der Waals surface area contributed by atoms with Crippen LogP contribution in [0.3, 0.4) is 0 Å². The number of halogens is 1. The van der Waals surface area contributed by atoms with Crippen molar-refractivity contribution in [2.24, 2.45) is 11.7 Å². The topological polar surface area (TPSA) is 29.3 Å². The standard InChI is InChI=1S/C15H25FN2/c1-11(2)10-18(4)8-7-15(17)13-6-5-12(3)14(16)9-13/h5-6,9,11,15H,7-8,10,17H2,1-4H3. The lowest BCUT2D eigenvalue weighted by molar-refractivity contribution is 0.284. The zero-order chi connectivity index (χ0) is 13.7. The van der Waals surface area contributed by atoms with E-state index in [4.69, 9.17) is 5.73 Å². The number of rotatable bonds is 6. The van der Waals surface area contributed by atoms with Gasteiger partial charge in [-0.2, -0.15) is 0 Å². The van der Waals surface area contributed by atoms with Crippen LogP contribution in [0.15, 0.2) is 18.2 Å². The number of hydrogen-bond donors (Lipinski definition) is 1. The fraction of sp³-hybridized carbons (Fsp3) is 0.600. The van der Waals surface area contributed by atoms with Crippen molar-refractivity contribution < 1.29 is 4.39 Å². The van der Waals surface area contributed by atoms with E-state index in [9.17, 15) is 4.39 Å². The van der Waals surface area contributed by atoms with Crippen molar-refractivity contribution in [1.82, 2.24) is 4.90 Å². The van der Waals surface area contributed by atoms with Crippen LogP contribution in [0.25, 0.3) is 0 Å². The van der Waals surface area contributed by atoms with Crippen LogP contribution in [-0.4, -0.2) is 25.0 Å². The Labute approximate surface area is 110 Å². The molecular weight excluding hydrogens is 227 g/mol. The molecule has 0 aromatic heterocycles. The Morgan fingerprint density at radius 2 is 2.00 bits per heavy atom. The molecule has 1 aromatic carbocycles. The number of nitrogens with two attached hydrogens (primary N) is 1. The SMILES string of the molecule is Cc1ccc(C(N)CCN(C)CC(C)C)cc1F. The van der Waals surface area contributed by atoms with Crippen molar-refractivity contribution in [3.8, 4) is 0 Å². The van der Waals surface area contributed by atoms with Crippen molar-refractivity contribution in [1.29, 1.82) is 0 Å². The molecule has 0 aliphatic carbocycles. The molecule has 1 unspecified atom stereocenters. The van der Waals surface area contributed by atoms with E-state index >= 15 is 0 Å². The number of nitrogens with zero attached hydrogens (tertiary/aromatic N) is 1. The smallest absolute Gasteiger partial charge is 0.126 e. The average Bonchev–Trinajstić information content (AvgIpc) is 2.28. The quantitative estimate of drug-likeness (QED) is 0.843. The molecule has 3 heteroatoms. The maximum atomic E-state index is 13.4. The molecule has 0 heterocycles. The molecule has 18 heavy (non-hydrogen) atoms. The van der Waals surface area contributed by atoms with E-state index in [1.54, 1.807) is 19.1 Å². The van der Waals surface area contributed by atoms with Gasteiger partial charge < -0.3 is 10.6 Å². The fourth-order valence-corrected chi connectivity index (χ4v) is 2.08. The van der Waals surface area contributed by atoms with Crippen LogP contribution in [0.4, 0.5) is 4.39 Å². The third-order valence-corrected chi connectivity index (χ3v) is 3.12. The summed E-state index contributed by atoms with van der Waals surface area (Å²) in [5.41, 5.74) is 7.65. The molecule has 0 amide bonds. The summed E-state index contributed by atoms with van der Waals surface area (Å²) in [6.07, 6.45) is 0.853. The molecule has 1 aromatic rings. The van der Waals surface area contributed by atoms with Crippen molar-refractivity contribution in [3.05, 3.63) is 35.1 Å². The van der Waals surface area contributed by atoms with Gasteiger partial charge in [-0.25, -0.2) is 4.39 Å². The van der Waals surface area contributed by atoms with E-state index in [1.807, 2.05) is 6.07 Å². The predicted molar refractivity (Wildman–Crippen MR) is 75.0 cm³/mol. The maximum absolute atomic E-state index is 13.4. The van der Waals surface area contributed by atoms with Gasteiger partial charge in [0.05, 0.1) is 0 Å². The predicted octanol–water partition coefficient (Wildman–Crippen LogP) is 3.11. The Balaban J connectivity index is 2.49. The summed E-state index contributed by atoms with van der Waals surface area (Å²) in [4.78, 5) is 2.27. The molecule has 0 saturated heterocycles. The Bertz CT molecular complexity index is 377. The molecular formula is C15H25FN2. The van der Waals surface area contributed by atoms with E-state index in [2.05, 4.69) is 25.8 Å². The zero-order valence-electron chi connectivity index (χ0n) is 11.9.